The number of aromatic nitrogens is 4. The minimum absolute atomic E-state index is 0.0180. The molecule has 2 heterocycles. The van der Waals surface area contributed by atoms with Crippen LogP contribution in [0.2, 0.25) is 0 Å². The summed E-state index contributed by atoms with van der Waals surface area (Å²) >= 11 is 0. The molecule has 0 saturated carbocycles. The van der Waals surface area contributed by atoms with Crippen molar-refractivity contribution in [3.63, 3.8) is 0 Å². The average molecular weight is 351 g/mol. The van der Waals surface area contributed by atoms with Crippen molar-refractivity contribution < 1.29 is 8.42 Å². The molecule has 0 unspecified atom stereocenters. The van der Waals surface area contributed by atoms with E-state index >= 15 is 0 Å². The van der Waals surface area contributed by atoms with Crippen LogP contribution in [-0.4, -0.2) is 28.4 Å². The number of nitrogens with zero attached hydrogens (tertiary/aromatic N) is 3. The zero-order chi connectivity index (χ0) is 17.4. The molecule has 0 aliphatic rings. The van der Waals surface area contributed by atoms with Gasteiger partial charge in [-0.2, -0.15) is 0 Å². The first kappa shape index (κ1) is 15.4. The van der Waals surface area contributed by atoms with Gasteiger partial charge in [-0.25, -0.2) is 28.5 Å². The Bertz CT molecular complexity index is 1170. The maximum Gasteiger partial charge on any atom is 0.238 e. The van der Waals surface area contributed by atoms with E-state index in [9.17, 15) is 8.42 Å². The number of fused-ring (bicyclic) bond motifs is 1. The molecule has 0 fully saturated rings. The number of H-pyrrole nitrogens is 1. The molecule has 0 amide bonds. The van der Waals surface area contributed by atoms with Crippen LogP contribution in [0.5, 0.6) is 0 Å². The van der Waals surface area contributed by atoms with Crippen LogP contribution in [0.25, 0.3) is 33.5 Å². The van der Waals surface area contributed by atoms with E-state index < -0.39 is 10.0 Å². The van der Waals surface area contributed by atoms with E-state index in [-0.39, 0.29) is 4.90 Å². The Morgan fingerprint density at radius 1 is 0.920 bits per heavy atom. The lowest BCUT2D eigenvalue weighted by atomic mass is 9.97. The fourth-order valence-corrected chi connectivity index (χ4v) is 3.27. The second-order valence-electron chi connectivity index (χ2n) is 5.44. The van der Waals surface area contributed by atoms with Crippen molar-refractivity contribution in [2.24, 2.45) is 5.14 Å². The highest BCUT2D eigenvalue weighted by molar-refractivity contribution is 7.89. The Kier molecular flexibility index (Phi) is 3.56. The molecule has 0 radical (unpaired) electrons. The quantitative estimate of drug-likeness (QED) is 0.588. The van der Waals surface area contributed by atoms with Gasteiger partial charge in [0.15, 0.2) is 5.65 Å². The number of hydrogen-bond acceptors (Lipinski definition) is 5. The zero-order valence-electron chi connectivity index (χ0n) is 12.9. The summed E-state index contributed by atoms with van der Waals surface area (Å²) in [6.07, 6.45) is 2.93. The van der Waals surface area contributed by atoms with Gasteiger partial charge in [0, 0.05) is 5.56 Å². The van der Waals surface area contributed by atoms with Crippen molar-refractivity contribution in [1.29, 1.82) is 0 Å². The van der Waals surface area contributed by atoms with E-state index in [1.54, 1.807) is 6.07 Å². The van der Waals surface area contributed by atoms with E-state index in [0.717, 1.165) is 11.1 Å². The van der Waals surface area contributed by atoms with Crippen molar-refractivity contribution in [1.82, 2.24) is 19.9 Å². The molecule has 4 rings (SSSR count). The Balaban J connectivity index is 2.06. The van der Waals surface area contributed by atoms with Crippen LogP contribution in [0.4, 0.5) is 0 Å². The number of nitrogens with two attached hydrogens (primary N) is 1. The standard InChI is InChI=1S/C17H13N5O2S/c18-25(23,24)12-6-7-13(11-4-2-1-3-5-11)14(8-12)15-16-17(21-9-19-15)22-10-20-16/h1-10H,(H2,18,23,24)(H,19,20,21,22). The van der Waals surface area contributed by atoms with E-state index in [1.807, 2.05) is 30.3 Å². The molecular formula is C17H13N5O2S. The summed E-state index contributed by atoms with van der Waals surface area (Å²) < 4.78 is 23.6. The van der Waals surface area contributed by atoms with Crippen molar-refractivity contribution in [2.45, 2.75) is 4.90 Å². The van der Waals surface area contributed by atoms with Crippen LogP contribution in [0.1, 0.15) is 0 Å². The maximum absolute atomic E-state index is 11.8. The fraction of sp³-hybridized carbons (Fsp3) is 0. The first-order valence-electron chi connectivity index (χ1n) is 7.41. The highest BCUT2D eigenvalue weighted by Crippen LogP contribution is 2.34. The lowest BCUT2D eigenvalue weighted by Crippen LogP contribution is -2.12. The van der Waals surface area contributed by atoms with Crippen LogP contribution >= 0.6 is 0 Å². The molecule has 0 aliphatic heterocycles. The third-order valence-electron chi connectivity index (χ3n) is 3.88. The number of benzene rings is 2. The minimum Gasteiger partial charge on any atom is -0.329 e. The van der Waals surface area contributed by atoms with Crippen molar-refractivity contribution in [3.8, 4) is 22.4 Å². The summed E-state index contributed by atoms with van der Waals surface area (Å²) in [6.45, 7) is 0. The van der Waals surface area contributed by atoms with Gasteiger partial charge in [-0.3, -0.25) is 0 Å². The fourth-order valence-electron chi connectivity index (χ4n) is 2.73. The second kappa shape index (κ2) is 5.76. The number of primary sulfonamides is 1. The van der Waals surface area contributed by atoms with E-state index in [0.29, 0.717) is 22.4 Å². The van der Waals surface area contributed by atoms with Gasteiger partial charge in [0.1, 0.15) is 17.5 Å². The molecule has 0 aliphatic carbocycles. The van der Waals surface area contributed by atoms with E-state index in [4.69, 9.17) is 5.14 Å². The van der Waals surface area contributed by atoms with E-state index in [1.165, 1.54) is 24.8 Å². The third-order valence-corrected chi connectivity index (χ3v) is 4.79. The average Bonchev–Trinajstić information content (AvgIpc) is 3.10. The molecule has 8 heteroatoms. The molecular weight excluding hydrogens is 338 g/mol. The smallest absolute Gasteiger partial charge is 0.238 e. The molecule has 0 atom stereocenters. The molecule has 2 aromatic heterocycles. The molecule has 3 N–H and O–H groups in total. The zero-order valence-corrected chi connectivity index (χ0v) is 13.7. The number of imidazole rings is 1. The predicted molar refractivity (Wildman–Crippen MR) is 93.9 cm³/mol. The first-order valence-corrected chi connectivity index (χ1v) is 8.95. The molecule has 7 nitrogen and oxygen atoms in total. The normalized spacial score (nSPS) is 11.7. The number of aromatic amines is 1. The summed E-state index contributed by atoms with van der Waals surface area (Å²) in [5, 5.41) is 5.30. The molecule has 2 aromatic carbocycles. The summed E-state index contributed by atoms with van der Waals surface area (Å²) in [5.74, 6) is 0. The first-order chi connectivity index (χ1) is 12.0. The van der Waals surface area contributed by atoms with Crippen molar-refractivity contribution in [3.05, 3.63) is 61.2 Å². The largest absolute Gasteiger partial charge is 0.329 e. The molecule has 0 spiro atoms. The SMILES string of the molecule is NS(=O)(=O)c1ccc(-c2ccccc2)c(-c2ncnc3[nH]cnc23)c1. The topological polar surface area (TPSA) is 115 Å². The van der Waals surface area contributed by atoms with Crippen LogP contribution in [0.3, 0.4) is 0 Å². The number of rotatable bonds is 3. The van der Waals surface area contributed by atoms with Gasteiger partial charge < -0.3 is 4.98 Å². The summed E-state index contributed by atoms with van der Waals surface area (Å²) in [5.41, 5.74) is 4.06. The summed E-state index contributed by atoms with van der Waals surface area (Å²) in [6, 6.07) is 14.4. The third kappa shape index (κ3) is 2.77. The van der Waals surface area contributed by atoms with Crippen LogP contribution in [0.15, 0.2) is 66.1 Å². The number of hydrogen-bond donors (Lipinski definition) is 2. The molecule has 0 bridgehead atoms. The monoisotopic (exact) mass is 351 g/mol. The van der Waals surface area contributed by atoms with E-state index in [2.05, 4.69) is 19.9 Å². The van der Waals surface area contributed by atoms with Crippen LogP contribution in [-0.2, 0) is 10.0 Å². The molecule has 124 valence electrons. The van der Waals surface area contributed by atoms with Crippen molar-refractivity contribution in [2.75, 3.05) is 0 Å². The minimum atomic E-state index is -3.84. The highest BCUT2D eigenvalue weighted by Gasteiger charge is 2.17. The Morgan fingerprint density at radius 3 is 2.48 bits per heavy atom. The highest BCUT2D eigenvalue weighted by atomic mass is 32.2. The van der Waals surface area contributed by atoms with Crippen LogP contribution in [0, 0.1) is 0 Å². The van der Waals surface area contributed by atoms with Gasteiger partial charge in [0.2, 0.25) is 10.0 Å². The van der Waals surface area contributed by atoms with Gasteiger partial charge in [0.25, 0.3) is 0 Å². The maximum atomic E-state index is 11.8. The van der Waals surface area contributed by atoms with Crippen LogP contribution < -0.4 is 5.14 Å². The van der Waals surface area contributed by atoms with Gasteiger partial charge in [-0.1, -0.05) is 36.4 Å². The molecule has 0 saturated heterocycles. The summed E-state index contributed by atoms with van der Waals surface area (Å²) in [4.78, 5) is 15.7. The lowest BCUT2D eigenvalue weighted by molar-refractivity contribution is 0.598. The molecule has 4 aromatic rings. The predicted octanol–water partition coefficient (Wildman–Crippen LogP) is 2.33. The van der Waals surface area contributed by atoms with Gasteiger partial charge >= 0.3 is 0 Å². The Labute approximate surface area is 143 Å². The lowest BCUT2D eigenvalue weighted by Gasteiger charge is -2.11. The number of sulfonamides is 1. The molecule has 25 heavy (non-hydrogen) atoms. The van der Waals surface area contributed by atoms with Gasteiger partial charge in [-0.15, -0.1) is 0 Å². The Hall–Kier alpha value is -3.10. The number of nitrogens with one attached hydrogen (secondary N) is 1. The Morgan fingerprint density at radius 2 is 1.72 bits per heavy atom. The van der Waals surface area contributed by atoms with Gasteiger partial charge in [-0.05, 0) is 23.3 Å². The summed E-state index contributed by atoms with van der Waals surface area (Å²) in [7, 11) is -3.84. The second-order valence-corrected chi connectivity index (χ2v) is 7.00. The van der Waals surface area contributed by atoms with Crippen molar-refractivity contribution >= 4 is 21.2 Å². The van der Waals surface area contributed by atoms with Gasteiger partial charge in [0.05, 0.1) is 11.2 Å².